The third kappa shape index (κ3) is 3.58. The lowest BCUT2D eigenvalue weighted by molar-refractivity contribution is -0.143. The number of hydrogen-bond donors (Lipinski definition) is 1. The highest BCUT2D eigenvalue weighted by Crippen LogP contribution is 2.31. The molecule has 26 heavy (non-hydrogen) atoms. The Morgan fingerprint density at radius 1 is 1.35 bits per heavy atom. The molecule has 2 aromatic rings. The minimum atomic E-state index is -0.621. The second kappa shape index (κ2) is 6.94. The Labute approximate surface area is 154 Å². The summed E-state index contributed by atoms with van der Waals surface area (Å²) in [4.78, 5) is 19.7. The van der Waals surface area contributed by atoms with Gasteiger partial charge in [-0.25, -0.2) is 14.2 Å². The molecule has 1 spiro atoms. The Bertz CT molecular complexity index is 803. The van der Waals surface area contributed by atoms with Crippen LogP contribution in [0, 0.1) is 12.7 Å². The molecule has 2 amide bonds. The molecule has 1 aromatic heterocycles. The molecular weight excluding hydrogens is 357 g/mol. The van der Waals surface area contributed by atoms with E-state index in [4.69, 9.17) is 9.47 Å². The number of thiazole rings is 1. The highest BCUT2D eigenvalue weighted by Gasteiger charge is 2.44. The topological polar surface area (TPSA) is 63.7 Å². The molecule has 0 bridgehead atoms. The number of ether oxygens (including phenoxy) is 2. The number of halogens is 1. The van der Waals surface area contributed by atoms with Gasteiger partial charge in [-0.15, -0.1) is 11.3 Å². The van der Waals surface area contributed by atoms with Gasteiger partial charge in [-0.05, 0) is 24.6 Å². The van der Waals surface area contributed by atoms with Crippen LogP contribution in [0.5, 0.6) is 0 Å². The van der Waals surface area contributed by atoms with Crippen LogP contribution in [0.25, 0.3) is 0 Å². The van der Waals surface area contributed by atoms with Crippen molar-refractivity contribution in [2.24, 2.45) is 0 Å². The second-order valence-corrected chi connectivity index (χ2v) is 7.62. The number of hydrogen-bond acceptors (Lipinski definition) is 5. The van der Waals surface area contributed by atoms with E-state index in [-0.39, 0.29) is 11.8 Å². The summed E-state index contributed by atoms with van der Waals surface area (Å²) >= 11 is 1.44. The molecule has 0 unspecified atom stereocenters. The number of carbonyl (C=O) groups excluding carboxylic acids is 1. The maximum Gasteiger partial charge on any atom is 0.323 e. The molecule has 6 nitrogen and oxygen atoms in total. The number of benzene rings is 1. The van der Waals surface area contributed by atoms with Gasteiger partial charge < -0.3 is 14.4 Å². The number of aryl methyl sites for hydroxylation is 1. The van der Waals surface area contributed by atoms with Gasteiger partial charge in [0.1, 0.15) is 5.82 Å². The predicted octanol–water partition coefficient (Wildman–Crippen LogP) is 3.16. The van der Waals surface area contributed by atoms with E-state index in [0.29, 0.717) is 44.3 Å². The summed E-state index contributed by atoms with van der Waals surface area (Å²) in [6.45, 7) is 4.10. The molecule has 2 aliphatic heterocycles. The zero-order chi connectivity index (χ0) is 18.1. The molecule has 0 radical (unpaired) electrons. The molecule has 138 valence electrons. The first-order chi connectivity index (χ1) is 12.5. The minimum absolute atomic E-state index is 0.192. The normalized spacial score (nSPS) is 18.6. The Morgan fingerprint density at radius 2 is 2.08 bits per heavy atom. The van der Waals surface area contributed by atoms with E-state index in [1.165, 1.54) is 23.5 Å². The largest absolute Gasteiger partial charge is 0.346 e. The maximum atomic E-state index is 13.0. The molecule has 0 atom stereocenters. The van der Waals surface area contributed by atoms with Crippen molar-refractivity contribution in [2.75, 3.05) is 31.6 Å². The third-order valence-electron chi connectivity index (χ3n) is 4.68. The summed E-state index contributed by atoms with van der Waals surface area (Å²) in [5.74, 6) is -0.870. The standard InChI is InChI=1S/C18H20FN3O3S/c1-12-15(10-13-2-4-14(19)5-3-13)26-16(20-12)21-17(23)22-7-6-18(11-22)24-8-9-25-18/h2-5H,6-11H2,1H3,(H,20,21,23). The molecule has 4 rings (SSSR count). The van der Waals surface area contributed by atoms with Crippen LogP contribution in [-0.2, 0) is 15.9 Å². The fourth-order valence-corrected chi connectivity index (χ4v) is 4.25. The number of rotatable bonds is 3. The SMILES string of the molecule is Cc1nc(NC(=O)N2CCC3(C2)OCCO3)sc1Cc1ccc(F)cc1. The highest BCUT2D eigenvalue weighted by molar-refractivity contribution is 7.15. The number of urea groups is 1. The molecule has 2 fully saturated rings. The molecule has 0 saturated carbocycles. The lowest BCUT2D eigenvalue weighted by Gasteiger charge is -2.22. The molecule has 0 aliphatic carbocycles. The number of aromatic nitrogens is 1. The Hall–Kier alpha value is -2.03. The van der Waals surface area contributed by atoms with Crippen molar-refractivity contribution in [3.05, 3.63) is 46.2 Å². The van der Waals surface area contributed by atoms with E-state index < -0.39 is 5.79 Å². The summed E-state index contributed by atoms with van der Waals surface area (Å²) in [6.07, 6.45) is 1.35. The number of amides is 2. The summed E-state index contributed by atoms with van der Waals surface area (Å²) in [7, 11) is 0. The molecule has 2 aliphatic rings. The Kier molecular flexibility index (Phi) is 4.64. The number of nitrogens with zero attached hydrogens (tertiary/aromatic N) is 2. The predicted molar refractivity (Wildman–Crippen MR) is 95.9 cm³/mol. The van der Waals surface area contributed by atoms with Crippen molar-refractivity contribution in [1.82, 2.24) is 9.88 Å². The molecule has 1 N–H and O–H groups in total. The first kappa shape index (κ1) is 17.4. The smallest absolute Gasteiger partial charge is 0.323 e. The Morgan fingerprint density at radius 3 is 2.81 bits per heavy atom. The van der Waals surface area contributed by atoms with Gasteiger partial charge in [0.2, 0.25) is 0 Å². The van der Waals surface area contributed by atoms with Crippen LogP contribution in [0.4, 0.5) is 14.3 Å². The molecule has 1 aromatic carbocycles. The monoisotopic (exact) mass is 377 g/mol. The quantitative estimate of drug-likeness (QED) is 0.892. The van der Waals surface area contributed by atoms with Crippen molar-refractivity contribution in [2.45, 2.75) is 25.6 Å². The molecular formula is C18H20FN3O3S. The fraction of sp³-hybridized carbons (Fsp3) is 0.444. The summed E-state index contributed by atoms with van der Waals surface area (Å²) in [5, 5.41) is 3.44. The van der Waals surface area contributed by atoms with E-state index in [0.717, 1.165) is 16.1 Å². The van der Waals surface area contributed by atoms with Gasteiger partial charge in [0.25, 0.3) is 0 Å². The van der Waals surface area contributed by atoms with Gasteiger partial charge in [0.05, 0.1) is 25.5 Å². The van der Waals surface area contributed by atoms with Crippen LogP contribution in [-0.4, -0.2) is 48.0 Å². The van der Waals surface area contributed by atoms with E-state index in [1.54, 1.807) is 17.0 Å². The first-order valence-electron chi connectivity index (χ1n) is 8.58. The zero-order valence-electron chi connectivity index (χ0n) is 14.5. The van der Waals surface area contributed by atoms with Crippen molar-refractivity contribution in [1.29, 1.82) is 0 Å². The summed E-state index contributed by atoms with van der Waals surface area (Å²) in [6, 6.07) is 6.23. The summed E-state index contributed by atoms with van der Waals surface area (Å²) in [5.41, 5.74) is 1.88. The van der Waals surface area contributed by atoms with Crippen LogP contribution in [0.15, 0.2) is 24.3 Å². The number of nitrogens with one attached hydrogen (secondary N) is 1. The maximum absolute atomic E-state index is 13.0. The zero-order valence-corrected chi connectivity index (χ0v) is 15.3. The highest BCUT2D eigenvalue weighted by atomic mass is 32.1. The van der Waals surface area contributed by atoms with Crippen molar-refractivity contribution >= 4 is 22.5 Å². The van der Waals surface area contributed by atoms with Gasteiger partial charge in [-0.2, -0.15) is 0 Å². The third-order valence-corrected chi connectivity index (χ3v) is 5.75. The number of anilines is 1. The van der Waals surface area contributed by atoms with Gasteiger partial charge in [0, 0.05) is 24.3 Å². The van der Waals surface area contributed by atoms with Crippen LogP contribution in [0.2, 0.25) is 0 Å². The van der Waals surface area contributed by atoms with E-state index in [9.17, 15) is 9.18 Å². The summed E-state index contributed by atoms with van der Waals surface area (Å²) < 4.78 is 24.3. The molecule has 8 heteroatoms. The Balaban J connectivity index is 1.39. The van der Waals surface area contributed by atoms with Gasteiger partial charge in [0.15, 0.2) is 10.9 Å². The van der Waals surface area contributed by atoms with Crippen LogP contribution in [0.1, 0.15) is 22.6 Å². The second-order valence-electron chi connectivity index (χ2n) is 6.54. The van der Waals surface area contributed by atoms with Gasteiger partial charge >= 0.3 is 6.03 Å². The van der Waals surface area contributed by atoms with Crippen LogP contribution < -0.4 is 5.32 Å². The van der Waals surface area contributed by atoms with Gasteiger partial charge in [-0.1, -0.05) is 12.1 Å². The van der Waals surface area contributed by atoms with Crippen LogP contribution in [0.3, 0.4) is 0 Å². The average molecular weight is 377 g/mol. The molecule has 3 heterocycles. The first-order valence-corrected chi connectivity index (χ1v) is 9.39. The number of carbonyl (C=O) groups is 1. The van der Waals surface area contributed by atoms with Crippen molar-refractivity contribution in [3.8, 4) is 0 Å². The number of likely N-dealkylation sites (tertiary alicyclic amines) is 1. The average Bonchev–Trinajstić information content (AvgIpc) is 3.33. The fourth-order valence-electron chi connectivity index (χ4n) is 3.26. The van der Waals surface area contributed by atoms with E-state index in [1.807, 2.05) is 6.92 Å². The molecule has 2 saturated heterocycles. The van der Waals surface area contributed by atoms with E-state index >= 15 is 0 Å². The van der Waals surface area contributed by atoms with Crippen LogP contribution >= 0.6 is 11.3 Å². The van der Waals surface area contributed by atoms with Gasteiger partial charge in [-0.3, -0.25) is 5.32 Å². The lowest BCUT2D eigenvalue weighted by Crippen LogP contribution is -2.38. The van der Waals surface area contributed by atoms with Crippen molar-refractivity contribution < 1.29 is 18.7 Å². The van der Waals surface area contributed by atoms with Crippen molar-refractivity contribution in [3.63, 3.8) is 0 Å². The lowest BCUT2D eigenvalue weighted by atomic mass is 10.1. The minimum Gasteiger partial charge on any atom is -0.346 e. The van der Waals surface area contributed by atoms with E-state index in [2.05, 4.69) is 10.3 Å².